The molecule has 0 aromatic heterocycles. The van der Waals surface area contributed by atoms with E-state index in [0.29, 0.717) is 19.6 Å². The Morgan fingerprint density at radius 1 is 0.886 bits per heavy atom. The van der Waals surface area contributed by atoms with Crippen molar-refractivity contribution in [1.29, 1.82) is 0 Å². The van der Waals surface area contributed by atoms with Gasteiger partial charge in [0.1, 0.15) is 6.61 Å². The fraction of sp³-hybridized carbons (Fsp3) is 0.464. The highest BCUT2D eigenvalue weighted by molar-refractivity contribution is 5.79. The van der Waals surface area contributed by atoms with Crippen LogP contribution in [0.5, 0.6) is 0 Å². The number of benzene rings is 2. The van der Waals surface area contributed by atoms with Crippen molar-refractivity contribution >= 4 is 18.0 Å². The number of rotatable bonds is 12. The van der Waals surface area contributed by atoms with Gasteiger partial charge in [-0.2, -0.15) is 0 Å². The number of nitrogens with one attached hydrogen (secondary N) is 2. The smallest absolute Gasteiger partial charge is 0.407 e. The first kappa shape index (κ1) is 24.8. The summed E-state index contributed by atoms with van der Waals surface area (Å²) in [5, 5.41) is 14.6. The van der Waals surface area contributed by atoms with Crippen LogP contribution in [0.1, 0.15) is 68.4 Å². The number of carboxylic acids is 1. The maximum absolute atomic E-state index is 12.2. The number of ether oxygens (including phenoxy) is 1. The first-order chi connectivity index (χ1) is 17.0. The molecule has 2 aromatic rings. The Hall–Kier alpha value is -3.35. The van der Waals surface area contributed by atoms with Crippen LogP contribution in [-0.4, -0.2) is 42.3 Å². The summed E-state index contributed by atoms with van der Waals surface area (Å²) in [7, 11) is 0. The number of alkyl carbamates (subject to hydrolysis) is 1. The van der Waals surface area contributed by atoms with Gasteiger partial charge >= 0.3 is 12.1 Å². The number of unbranched alkanes of at least 4 members (excludes halogenated alkanes) is 3. The van der Waals surface area contributed by atoms with Crippen molar-refractivity contribution in [2.24, 2.45) is 5.92 Å². The van der Waals surface area contributed by atoms with Gasteiger partial charge < -0.3 is 20.5 Å². The number of carbonyl (C=O) groups is 3. The second-order valence-corrected chi connectivity index (χ2v) is 9.62. The van der Waals surface area contributed by atoms with Crippen LogP contribution in [0.25, 0.3) is 11.1 Å². The van der Waals surface area contributed by atoms with Crippen molar-refractivity contribution in [3.63, 3.8) is 0 Å². The summed E-state index contributed by atoms with van der Waals surface area (Å²) >= 11 is 0. The molecule has 0 atom stereocenters. The maximum Gasteiger partial charge on any atom is 0.407 e. The fourth-order valence-corrected chi connectivity index (χ4v) is 5.17. The van der Waals surface area contributed by atoms with Gasteiger partial charge in [0.25, 0.3) is 0 Å². The lowest BCUT2D eigenvalue weighted by molar-refractivity contribution is -0.139. The van der Waals surface area contributed by atoms with Gasteiger partial charge in [-0.15, -0.1) is 0 Å². The first-order valence-corrected chi connectivity index (χ1v) is 12.6. The van der Waals surface area contributed by atoms with Gasteiger partial charge in [0.15, 0.2) is 0 Å². The Kier molecular flexibility index (Phi) is 8.40. The van der Waals surface area contributed by atoms with E-state index in [4.69, 9.17) is 9.84 Å². The summed E-state index contributed by atoms with van der Waals surface area (Å²) in [4.78, 5) is 34.9. The molecule has 2 amide bonds. The van der Waals surface area contributed by atoms with Gasteiger partial charge in [0, 0.05) is 31.3 Å². The molecule has 1 fully saturated rings. The molecule has 1 saturated carbocycles. The molecule has 3 N–H and O–H groups in total. The van der Waals surface area contributed by atoms with E-state index in [-0.39, 0.29) is 30.2 Å². The first-order valence-electron chi connectivity index (χ1n) is 12.6. The predicted octanol–water partition coefficient (Wildman–Crippen LogP) is 4.85. The Balaban J connectivity index is 1.05. The zero-order chi connectivity index (χ0) is 24.6. The summed E-state index contributed by atoms with van der Waals surface area (Å²) in [6.45, 7) is 0.864. The zero-order valence-electron chi connectivity index (χ0n) is 20.0. The number of fused-ring (bicyclic) bond motifs is 3. The van der Waals surface area contributed by atoms with Gasteiger partial charge in [-0.3, -0.25) is 9.59 Å². The van der Waals surface area contributed by atoms with E-state index < -0.39 is 12.1 Å². The van der Waals surface area contributed by atoms with Crippen molar-refractivity contribution in [3.05, 3.63) is 59.7 Å². The second-order valence-electron chi connectivity index (χ2n) is 9.62. The van der Waals surface area contributed by atoms with E-state index in [1.165, 1.54) is 22.3 Å². The van der Waals surface area contributed by atoms with Gasteiger partial charge in [0.05, 0.1) is 0 Å². The molecule has 7 heteroatoms. The topological polar surface area (TPSA) is 105 Å². The lowest BCUT2D eigenvalue weighted by Crippen LogP contribution is -2.44. The van der Waals surface area contributed by atoms with Crippen molar-refractivity contribution < 1.29 is 24.2 Å². The highest BCUT2D eigenvalue weighted by atomic mass is 16.5. The third-order valence-electron chi connectivity index (χ3n) is 7.01. The summed E-state index contributed by atoms with van der Waals surface area (Å²) < 4.78 is 5.55. The lowest BCUT2D eigenvalue weighted by Gasteiger charge is -2.34. The van der Waals surface area contributed by atoms with E-state index in [2.05, 4.69) is 34.9 Å². The molecule has 2 aromatic carbocycles. The fourth-order valence-electron chi connectivity index (χ4n) is 5.17. The molecule has 0 bridgehead atoms. The molecule has 186 valence electrons. The van der Waals surface area contributed by atoms with E-state index in [1.54, 1.807) is 0 Å². The molecule has 0 saturated heterocycles. The number of carbonyl (C=O) groups excluding carboxylic acids is 2. The normalized spacial score (nSPS) is 18.2. The molecule has 0 spiro atoms. The SMILES string of the molecule is O=C(O)CC1CC(NC(=O)CCCCCCNC(=O)OCC2c3ccccc3-c3ccccc32)C1. The predicted molar refractivity (Wildman–Crippen MR) is 133 cm³/mol. The summed E-state index contributed by atoms with van der Waals surface area (Å²) in [5.41, 5.74) is 4.81. The third kappa shape index (κ3) is 6.62. The molecule has 2 aliphatic carbocycles. The molecule has 0 unspecified atom stereocenters. The molecular weight excluding hydrogens is 444 g/mol. The molecule has 0 aliphatic heterocycles. The number of hydrogen-bond donors (Lipinski definition) is 3. The van der Waals surface area contributed by atoms with Crippen molar-refractivity contribution in [2.45, 2.75) is 63.3 Å². The monoisotopic (exact) mass is 478 g/mol. The van der Waals surface area contributed by atoms with Crippen LogP contribution in [0.4, 0.5) is 4.79 Å². The van der Waals surface area contributed by atoms with Crippen LogP contribution in [0.2, 0.25) is 0 Å². The minimum atomic E-state index is -0.770. The highest BCUT2D eigenvalue weighted by Crippen LogP contribution is 2.44. The van der Waals surface area contributed by atoms with Crippen LogP contribution < -0.4 is 10.6 Å². The molecular formula is C28H34N2O5. The number of carboxylic acid groups (broad SMARTS) is 1. The number of amides is 2. The summed E-state index contributed by atoms with van der Waals surface area (Å²) in [6.07, 6.45) is 5.31. The largest absolute Gasteiger partial charge is 0.481 e. The summed E-state index contributed by atoms with van der Waals surface area (Å²) in [6, 6.07) is 16.7. The standard InChI is InChI=1S/C28H34N2O5/c31-26(30-20-15-19(16-20)17-27(32)33)13-3-1-2-8-14-29-28(34)35-18-25-23-11-6-4-9-21(23)22-10-5-7-12-24(22)25/h4-7,9-12,19-20,25H,1-3,8,13-18H2,(H,29,34)(H,30,31)(H,32,33). The quantitative estimate of drug-likeness (QED) is 0.379. The number of aliphatic carboxylic acids is 1. The average molecular weight is 479 g/mol. The van der Waals surface area contributed by atoms with Crippen molar-refractivity contribution in [2.75, 3.05) is 13.2 Å². The molecule has 35 heavy (non-hydrogen) atoms. The van der Waals surface area contributed by atoms with Crippen LogP contribution in [0.15, 0.2) is 48.5 Å². The molecule has 7 nitrogen and oxygen atoms in total. The average Bonchev–Trinajstić information content (AvgIpc) is 3.14. The van der Waals surface area contributed by atoms with E-state index >= 15 is 0 Å². The molecule has 0 radical (unpaired) electrons. The molecule has 2 aliphatic rings. The van der Waals surface area contributed by atoms with Crippen molar-refractivity contribution in [3.8, 4) is 11.1 Å². The van der Waals surface area contributed by atoms with Gasteiger partial charge in [-0.05, 0) is 53.9 Å². The van der Waals surface area contributed by atoms with E-state index in [0.717, 1.165) is 38.5 Å². The maximum atomic E-state index is 12.2. The number of hydrogen-bond acceptors (Lipinski definition) is 4. The minimum Gasteiger partial charge on any atom is -0.481 e. The summed E-state index contributed by atoms with van der Waals surface area (Å²) in [5.74, 6) is -0.475. The Morgan fingerprint density at radius 2 is 1.51 bits per heavy atom. The molecule has 0 heterocycles. The Labute approximate surface area is 206 Å². The second kappa shape index (κ2) is 11.9. The van der Waals surface area contributed by atoms with Crippen LogP contribution in [0, 0.1) is 5.92 Å². The Morgan fingerprint density at radius 3 is 2.17 bits per heavy atom. The Bertz CT molecular complexity index is 1000. The van der Waals surface area contributed by atoms with Gasteiger partial charge in [0.2, 0.25) is 5.91 Å². The van der Waals surface area contributed by atoms with Crippen LogP contribution in [0.3, 0.4) is 0 Å². The van der Waals surface area contributed by atoms with Gasteiger partial charge in [-0.25, -0.2) is 4.79 Å². The molecule has 4 rings (SSSR count). The highest BCUT2D eigenvalue weighted by Gasteiger charge is 2.31. The van der Waals surface area contributed by atoms with Gasteiger partial charge in [-0.1, -0.05) is 61.4 Å². The zero-order valence-corrected chi connectivity index (χ0v) is 20.0. The van der Waals surface area contributed by atoms with Crippen LogP contribution >= 0.6 is 0 Å². The lowest BCUT2D eigenvalue weighted by atomic mass is 9.78. The third-order valence-corrected chi connectivity index (χ3v) is 7.01. The van der Waals surface area contributed by atoms with Crippen molar-refractivity contribution in [1.82, 2.24) is 10.6 Å². The minimum absolute atomic E-state index is 0.0422. The van der Waals surface area contributed by atoms with E-state index in [9.17, 15) is 14.4 Å². The van der Waals surface area contributed by atoms with E-state index in [1.807, 2.05) is 24.3 Å². The van der Waals surface area contributed by atoms with Crippen LogP contribution in [-0.2, 0) is 14.3 Å².